The summed E-state index contributed by atoms with van der Waals surface area (Å²) in [6.07, 6.45) is 15.7. The lowest BCUT2D eigenvalue weighted by atomic mass is 10.0. The van der Waals surface area contributed by atoms with Crippen LogP contribution in [-0.4, -0.2) is 109 Å². The van der Waals surface area contributed by atoms with E-state index in [1.165, 1.54) is 0 Å². The van der Waals surface area contributed by atoms with E-state index in [0.717, 1.165) is 66.5 Å². The van der Waals surface area contributed by atoms with Crippen molar-refractivity contribution in [2.45, 2.75) is 122 Å². The maximum absolute atomic E-state index is 14.4. The first-order chi connectivity index (χ1) is 37.4. The smallest absolute Gasteiger partial charge is 0.260 e. The molecule has 4 aromatic rings. The van der Waals surface area contributed by atoms with Crippen LogP contribution in [0.15, 0.2) is 95.2 Å². The molecule has 17 nitrogen and oxygen atoms in total. The topological polar surface area (TPSA) is 199 Å². The van der Waals surface area contributed by atoms with Crippen molar-refractivity contribution in [2.75, 3.05) is 38.9 Å². The fourth-order valence-electron chi connectivity index (χ4n) is 9.95. The number of amides is 5. The molecule has 5 heterocycles. The Bertz CT molecular complexity index is 2970. The normalized spacial score (nSPS) is 19.3. The first-order valence-electron chi connectivity index (χ1n) is 27.0. The highest BCUT2D eigenvalue weighted by Gasteiger charge is 2.36. The summed E-state index contributed by atoms with van der Waals surface area (Å²) in [5.41, 5.74) is 6.29. The number of anilines is 1. The number of aliphatic imine (C=N–C) groups is 2. The molecule has 5 aliphatic rings. The van der Waals surface area contributed by atoms with Crippen molar-refractivity contribution in [3.63, 3.8) is 0 Å². The zero-order chi connectivity index (χ0) is 54.0. The molecule has 1 unspecified atom stereocenters. The van der Waals surface area contributed by atoms with Gasteiger partial charge in [-0.2, -0.15) is 0 Å². The van der Waals surface area contributed by atoms with Gasteiger partial charge in [0.1, 0.15) is 17.8 Å². The Kier molecular flexibility index (Phi) is 17.4. The summed E-state index contributed by atoms with van der Waals surface area (Å²) in [7, 11) is 1.64. The van der Waals surface area contributed by atoms with Gasteiger partial charge >= 0.3 is 0 Å². The molecule has 0 radical (unpaired) electrons. The molecule has 0 spiro atoms. The van der Waals surface area contributed by atoms with Gasteiger partial charge in [-0.25, -0.2) is 0 Å². The SMILES string of the molecule is CCCC(=O)NC(C(=O)N[C@@H](C)C(=O)Nc1ccc(C2=CN3C(=O)c4cc5c(cc4N=C[C@@H]3C2)OCCCOc2cc3c(cc2OCCCCCCCCO5)C(=O)N2C=C(c4ccc(OC)cc4)C[C@H]2C=N3)cc1)C(C)C. The Morgan fingerprint density at radius 2 is 1.09 bits per heavy atom. The van der Waals surface area contributed by atoms with Gasteiger partial charge in [-0.05, 0) is 90.8 Å². The number of fused-ring (bicyclic) bond motifs is 6. The van der Waals surface area contributed by atoms with Crippen LogP contribution in [0, 0.1) is 5.92 Å². The molecule has 17 heteroatoms. The first-order valence-corrected chi connectivity index (χ1v) is 27.0. The monoisotopic (exact) mass is 1050 g/mol. The molecule has 77 heavy (non-hydrogen) atoms. The summed E-state index contributed by atoms with van der Waals surface area (Å²) in [6.45, 7) is 8.67. The molecule has 4 aromatic carbocycles. The minimum absolute atomic E-state index is 0.149. The van der Waals surface area contributed by atoms with Crippen molar-refractivity contribution in [1.29, 1.82) is 0 Å². The maximum Gasteiger partial charge on any atom is 0.260 e. The van der Waals surface area contributed by atoms with Gasteiger partial charge in [0, 0.05) is 68.3 Å². The van der Waals surface area contributed by atoms with Crippen LogP contribution in [0.25, 0.3) is 11.1 Å². The fraction of sp³-hybridized carbons (Fsp3) is 0.417. The predicted molar refractivity (Wildman–Crippen MR) is 296 cm³/mol. The van der Waals surface area contributed by atoms with Crippen molar-refractivity contribution >= 4 is 70.2 Å². The lowest BCUT2D eigenvalue weighted by Crippen LogP contribution is -2.53. The number of hydrogen-bond donors (Lipinski definition) is 3. The van der Waals surface area contributed by atoms with E-state index >= 15 is 0 Å². The van der Waals surface area contributed by atoms with Gasteiger partial charge in [-0.3, -0.25) is 34.0 Å². The first kappa shape index (κ1) is 53.9. The Labute approximate surface area is 450 Å². The lowest BCUT2D eigenvalue weighted by Gasteiger charge is -2.23. The summed E-state index contributed by atoms with van der Waals surface area (Å²) >= 11 is 0. The summed E-state index contributed by atoms with van der Waals surface area (Å²) in [4.78, 5) is 80.1. The molecule has 0 bridgehead atoms. The molecule has 4 atom stereocenters. The Morgan fingerprint density at radius 1 is 0.623 bits per heavy atom. The van der Waals surface area contributed by atoms with Crippen molar-refractivity contribution in [2.24, 2.45) is 15.9 Å². The van der Waals surface area contributed by atoms with Crippen molar-refractivity contribution in [1.82, 2.24) is 20.4 Å². The highest BCUT2D eigenvalue weighted by Crippen LogP contribution is 2.42. The largest absolute Gasteiger partial charge is 0.497 e. The van der Waals surface area contributed by atoms with Crippen LogP contribution in [0.1, 0.15) is 130 Å². The highest BCUT2D eigenvalue weighted by molar-refractivity contribution is 6.07. The van der Waals surface area contributed by atoms with Crippen molar-refractivity contribution in [3.8, 4) is 28.7 Å². The molecule has 0 saturated heterocycles. The third-order valence-electron chi connectivity index (χ3n) is 14.3. The van der Waals surface area contributed by atoms with E-state index in [1.807, 2.05) is 75.8 Å². The fourth-order valence-corrected chi connectivity index (χ4v) is 9.95. The number of carbonyl (C=O) groups is 5. The molecule has 404 valence electrons. The number of ether oxygens (including phenoxy) is 5. The van der Waals surface area contributed by atoms with Gasteiger partial charge in [0.25, 0.3) is 11.8 Å². The van der Waals surface area contributed by atoms with Crippen LogP contribution < -0.4 is 39.6 Å². The average Bonchev–Trinajstić information content (AvgIpc) is 4.05. The Balaban J connectivity index is 0.843. The molecule has 0 fully saturated rings. The molecule has 5 aliphatic heterocycles. The lowest BCUT2D eigenvalue weighted by molar-refractivity contribution is -0.131. The van der Waals surface area contributed by atoms with Gasteiger partial charge in [0.2, 0.25) is 17.7 Å². The molecule has 9 rings (SSSR count). The van der Waals surface area contributed by atoms with E-state index in [-0.39, 0.29) is 48.9 Å². The number of carbonyl (C=O) groups excluding carboxylic acids is 5. The molecule has 0 saturated carbocycles. The standard InChI is InChI=1S/C60H69N7O10/c1-6-14-55(68)65-56(37(2)3)58(70)63-38(4)57(69)64-43-19-15-39(16-20-43)41-27-44-33-61-49-31-53-51(29-47(49)59(71)66(44)35-41)74-23-11-9-7-8-10-12-24-75-52-30-48-50(32-54(52)77-26-13-25-76-53)62-34-45-28-42(36-67(45)60(48)72)40-17-21-46(73-5)22-18-40/h15-22,29-38,44-45,56H,6-14,23-28H2,1-5H3,(H,63,70)(H,64,69)(H,65,68)/t38-,44-,45-,56?/m0/s1. The van der Waals surface area contributed by atoms with E-state index in [9.17, 15) is 24.0 Å². The van der Waals surface area contributed by atoms with Crippen molar-refractivity contribution < 1.29 is 47.7 Å². The molecular formula is C60H69N7O10. The van der Waals surface area contributed by atoms with Gasteiger partial charge in [0.05, 0.1) is 68.1 Å². The zero-order valence-corrected chi connectivity index (χ0v) is 44.6. The zero-order valence-electron chi connectivity index (χ0n) is 44.6. The third kappa shape index (κ3) is 12.8. The molecular weight excluding hydrogens is 979 g/mol. The van der Waals surface area contributed by atoms with Gasteiger partial charge in [-0.15, -0.1) is 0 Å². The summed E-state index contributed by atoms with van der Waals surface area (Å²) in [5.74, 6) is 1.17. The quantitative estimate of drug-likeness (QED) is 0.130. The van der Waals surface area contributed by atoms with E-state index in [0.29, 0.717) is 96.5 Å². The number of nitrogens with zero attached hydrogens (tertiary/aromatic N) is 4. The van der Waals surface area contributed by atoms with Crippen LogP contribution >= 0.6 is 0 Å². The van der Waals surface area contributed by atoms with E-state index in [1.54, 1.807) is 66.4 Å². The third-order valence-corrected chi connectivity index (χ3v) is 14.3. The minimum atomic E-state index is -0.856. The number of hydrogen-bond acceptors (Lipinski definition) is 12. The summed E-state index contributed by atoms with van der Waals surface area (Å²) in [6, 6.07) is 20.1. The molecule has 0 aromatic heterocycles. The average molecular weight is 1050 g/mol. The number of benzene rings is 4. The number of nitrogens with one attached hydrogen (secondary N) is 3. The highest BCUT2D eigenvalue weighted by atomic mass is 16.5. The predicted octanol–water partition coefficient (Wildman–Crippen LogP) is 9.98. The second-order valence-corrected chi connectivity index (χ2v) is 20.4. The summed E-state index contributed by atoms with van der Waals surface area (Å²) < 4.78 is 30.8. The number of methoxy groups -OCH3 is 1. The Morgan fingerprint density at radius 3 is 1.57 bits per heavy atom. The minimum Gasteiger partial charge on any atom is -0.497 e. The van der Waals surface area contributed by atoms with Crippen molar-refractivity contribution in [3.05, 3.63) is 107 Å². The number of rotatable bonds is 11. The maximum atomic E-state index is 14.4. The van der Waals surface area contributed by atoms with Gasteiger partial charge < -0.3 is 49.4 Å². The van der Waals surface area contributed by atoms with E-state index in [2.05, 4.69) is 16.0 Å². The Hall–Kier alpha value is -7.95. The van der Waals surface area contributed by atoms with E-state index in [4.69, 9.17) is 33.7 Å². The van der Waals surface area contributed by atoms with Crippen LogP contribution in [0.3, 0.4) is 0 Å². The van der Waals surface area contributed by atoms with Crippen LogP contribution in [0.5, 0.6) is 28.7 Å². The van der Waals surface area contributed by atoms with Crippen LogP contribution in [0.2, 0.25) is 0 Å². The van der Waals surface area contributed by atoms with Gasteiger partial charge in [0.15, 0.2) is 23.0 Å². The molecule has 3 N–H and O–H groups in total. The van der Waals surface area contributed by atoms with Crippen LogP contribution in [0.4, 0.5) is 17.1 Å². The second-order valence-electron chi connectivity index (χ2n) is 20.4. The van der Waals surface area contributed by atoms with E-state index < -0.39 is 23.9 Å². The van der Waals surface area contributed by atoms with Crippen LogP contribution in [-0.2, 0) is 14.4 Å². The summed E-state index contributed by atoms with van der Waals surface area (Å²) in [5, 5.41) is 8.38. The van der Waals surface area contributed by atoms with Gasteiger partial charge in [-0.1, -0.05) is 70.7 Å². The molecule has 5 amide bonds. The molecule has 0 aliphatic carbocycles. The second kappa shape index (κ2) is 24.8.